The van der Waals surface area contributed by atoms with E-state index in [0.717, 1.165) is 6.42 Å². The minimum atomic E-state index is -0.783. The Morgan fingerprint density at radius 2 is 1.93 bits per heavy atom. The highest BCUT2D eigenvalue weighted by atomic mass is 16.4. The number of hydrogen-bond donors (Lipinski definition) is 3. The highest BCUT2D eigenvalue weighted by Gasteiger charge is 2.18. The van der Waals surface area contributed by atoms with Gasteiger partial charge in [-0.2, -0.15) is 0 Å². The third-order valence-corrected chi connectivity index (χ3v) is 2.32. The van der Waals surface area contributed by atoms with Crippen LogP contribution < -0.4 is 11.1 Å². The molecule has 0 atom stereocenters. The normalized spacial score (nSPS) is 11.1. The molecule has 0 aromatic heterocycles. The van der Waals surface area contributed by atoms with Gasteiger partial charge < -0.3 is 16.2 Å². The average Bonchev–Trinajstić information content (AvgIpc) is 2.14. The fraction of sp³-hybridized carbons (Fsp3) is 0.800. The maximum Gasteiger partial charge on any atom is 0.303 e. The molecule has 15 heavy (non-hydrogen) atoms. The lowest BCUT2D eigenvalue weighted by Gasteiger charge is -2.23. The van der Waals surface area contributed by atoms with E-state index >= 15 is 0 Å². The van der Waals surface area contributed by atoms with Crippen LogP contribution in [0, 0.1) is 5.41 Å². The van der Waals surface area contributed by atoms with Crippen molar-refractivity contribution < 1.29 is 14.7 Å². The van der Waals surface area contributed by atoms with Gasteiger partial charge in [-0.25, -0.2) is 0 Å². The summed E-state index contributed by atoms with van der Waals surface area (Å²) >= 11 is 0. The monoisotopic (exact) mass is 216 g/mol. The summed E-state index contributed by atoms with van der Waals surface area (Å²) in [6, 6.07) is 0. The SMILES string of the molecule is CC(C)(CCNC(=O)CN)CCC(=O)O. The molecule has 0 aromatic carbocycles. The summed E-state index contributed by atoms with van der Waals surface area (Å²) in [7, 11) is 0. The van der Waals surface area contributed by atoms with Gasteiger partial charge in [0.1, 0.15) is 0 Å². The third kappa shape index (κ3) is 7.93. The molecule has 0 rings (SSSR count). The molecule has 0 spiro atoms. The van der Waals surface area contributed by atoms with Gasteiger partial charge in [-0.1, -0.05) is 13.8 Å². The molecule has 0 fully saturated rings. The Bertz CT molecular complexity index is 227. The van der Waals surface area contributed by atoms with Gasteiger partial charge in [0.05, 0.1) is 6.54 Å². The zero-order chi connectivity index (χ0) is 11.9. The van der Waals surface area contributed by atoms with Crippen molar-refractivity contribution in [3.05, 3.63) is 0 Å². The maximum absolute atomic E-state index is 10.8. The summed E-state index contributed by atoms with van der Waals surface area (Å²) in [5.74, 6) is -0.960. The van der Waals surface area contributed by atoms with Crippen LogP contribution in [0.5, 0.6) is 0 Å². The number of carbonyl (C=O) groups excluding carboxylic acids is 1. The molecule has 4 N–H and O–H groups in total. The Labute approximate surface area is 90.0 Å². The smallest absolute Gasteiger partial charge is 0.303 e. The summed E-state index contributed by atoms with van der Waals surface area (Å²) in [4.78, 5) is 21.2. The highest BCUT2D eigenvalue weighted by molar-refractivity contribution is 5.77. The molecule has 0 saturated heterocycles. The Morgan fingerprint density at radius 3 is 2.40 bits per heavy atom. The predicted octanol–water partition coefficient (Wildman–Crippen LogP) is 0.342. The predicted molar refractivity (Wildman–Crippen MR) is 57.3 cm³/mol. The zero-order valence-corrected chi connectivity index (χ0v) is 9.38. The number of nitrogens with one attached hydrogen (secondary N) is 1. The van der Waals surface area contributed by atoms with Gasteiger partial charge in [0, 0.05) is 13.0 Å². The quantitative estimate of drug-likeness (QED) is 0.572. The Kier molecular flexibility index (Phi) is 5.93. The first-order chi connectivity index (χ1) is 6.87. The van der Waals surface area contributed by atoms with Crippen LogP contribution >= 0.6 is 0 Å². The number of amides is 1. The number of carboxylic acids is 1. The van der Waals surface area contributed by atoms with E-state index in [2.05, 4.69) is 5.32 Å². The van der Waals surface area contributed by atoms with Crippen molar-refractivity contribution in [1.29, 1.82) is 0 Å². The van der Waals surface area contributed by atoms with Crippen LogP contribution in [0.15, 0.2) is 0 Å². The van der Waals surface area contributed by atoms with Crippen LogP contribution in [0.4, 0.5) is 0 Å². The molecule has 5 heteroatoms. The molecule has 0 aromatic rings. The van der Waals surface area contributed by atoms with Gasteiger partial charge in [0.2, 0.25) is 5.91 Å². The molecule has 0 unspecified atom stereocenters. The number of aliphatic carboxylic acids is 1. The van der Waals surface area contributed by atoms with Crippen molar-refractivity contribution in [2.45, 2.75) is 33.1 Å². The highest BCUT2D eigenvalue weighted by Crippen LogP contribution is 2.25. The van der Waals surface area contributed by atoms with Crippen LogP contribution in [-0.4, -0.2) is 30.1 Å². The van der Waals surface area contributed by atoms with Crippen LogP contribution in [0.3, 0.4) is 0 Å². The molecule has 0 aliphatic carbocycles. The Morgan fingerprint density at radius 1 is 1.33 bits per heavy atom. The van der Waals surface area contributed by atoms with E-state index in [4.69, 9.17) is 10.8 Å². The number of carbonyl (C=O) groups is 2. The molecular formula is C10H20N2O3. The molecule has 0 saturated carbocycles. The van der Waals surface area contributed by atoms with E-state index in [-0.39, 0.29) is 24.3 Å². The average molecular weight is 216 g/mol. The number of rotatable bonds is 7. The lowest BCUT2D eigenvalue weighted by Crippen LogP contribution is -2.33. The second kappa shape index (κ2) is 6.40. The largest absolute Gasteiger partial charge is 0.481 e. The minimum absolute atomic E-state index is 0.00441. The lowest BCUT2D eigenvalue weighted by atomic mass is 9.84. The van der Waals surface area contributed by atoms with Crippen molar-refractivity contribution in [3.8, 4) is 0 Å². The zero-order valence-electron chi connectivity index (χ0n) is 9.38. The molecular weight excluding hydrogens is 196 g/mol. The minimum Gasteiger partial charge on any atom is -0.481 e. The lowest BCUT2D eigenvalue weighted by molar-refractivity contribution is -0.137. The summed E-state index contributed by atoms with van der Waals surface area (Å²) in [6.07, 6.45) is 1.53. The van der Waals surface area contributed by atoms with Gasteiger partial charge in [0.25, 0.3) is 0 Å². The van der Waals surface area contributed by atoms with Gasteiger partial charge in [0.15, 0.2) is 0 Å². The number of carboxylic acid groups (broad SMARTS) is 1. The summed E-state index contributed by atoms with van der Waals surface area (Å²) in [5.41, 5.74) is 5.06. The van der Waals surface area contributed by atoms with Crippen LogP contribution in [-0.2, 0) is 9.59 Å². The van der Waals surface area contributed by atoms with Crippen LogP contribution in [0.1, 0.15) is 33.1 Å². The van der Waals surface area contributed by atoms with Crippen molar-refractivity contribution in [3.63, 3.8) is 0 Å². The van der Waals surface area contributed by atoms with E-state index in [1.807, 2.05) is 13.8 Å². The van der Waals surface area contributed by atoms with Crippen LogP contribution in [0.25, 0.3) is 0 Å². The number of nitrogens with two attached hydrogens (primary N) is 1. The molecule has 5 nitrogen and oxygen atoms in total. The van der Waals surface area contributed by atoms with Crippen molar-refractivity contribution in [1.82, 2.24) is 5.32 Å². The Balaban J connectivity index is 3.73. The maximum atomic E-state index is 10.8. The van der Waals surface area contributed by atoms with Gasteiger partial charge in [-0.05, 0) is 18.3 Å². The second-order valence-electron chi connectivity index (χ2n) is 4.36. The summed E-state index contributed by atoms with van der Waals surface area (Å²) in [5, 5.41) is 11.2. The standard InChI is InChI=1S/C10H20N2O3/c1-10(2,4-3-9(14)15)5-6-12-8(13)7-11/h3-7,11H2,1-2H3,(H,12,13)(H,14,15). The van der Waals surface area contributed by atoms with E-state index in [1.54, 1.807) is 0 Å². The van der Waals surface area contributed by atoms with Gasteiger partial charge in [-0.3, -0.25) is 9.59 Å². The molecule has 88 valence electrons. The molecule has 1 amide bonds. The van der Waals surface area contributed by atoms with E-state index in [9.17, 15) is 9.59 Å². The van der Waals surface area contributed by atoms with E-state index < -0.39 is 5.97 Å². The Hall–Kier alpha value is -1.10. The molecule has 0 aliphatic rings. The molecule has 0 radical (unpaired) electrons. The van der Waals surface area contributed by atoms with Crippen LogP contribution in [0.2, 0.25) is 0 Å². The first-order valence-electron chi connectivity index (χ1n) is 5.06. The topological polar surface area (TPSA) is 92.4 Å². The fourth-order valence-electron chi connectivity index (χ4n) is 1.18. The molecule has 0 aliphatic heterocycles. The molecule has 0 bridgehead atoms. The third-order valence-electron chi connectivity index (χ3n) is 2.32. The summed E-state index contributed by atoms with van der Waals surface area (Å²) < 4.78 is 0. The van der Waals surface area contributed by atoms with Gasteiger partial charge >= 0.3 is 5.97 Å². The first kappa shape index (κ1) is 13.9. The van der Waals surface area contributed by atoms with Gasteiger partial charge in [-0.15, -0.1) is 0 Å². The van der Waals surface area contributed by atoms with Crippen molar-refractivity contribution in [2.75, 3.05) is 13.1 Å². The second-order valence-corrected chi connectivity index (χ2v) is 4.36. The van der Waals surface area contributed by atoms with E-state index in [0.29, 0.717) is 13.0 Å². The van der Waals surface area contributed by atoms with E-state index in [1.165, 1.54) is 0 Å². The fourth-order valence-corrected chi connectivity index (χ4v) is 1.18. The number of hydrogen-bond acceptors (Lipinski definition) is 3. The van der Waals surface area contributed by atoms with Crippen molar-refractivity contribution in [2.24, 2.45) is 11.1 Å². The first-order valence-corrected chi connectivity index (χ1v) is 5.06. The molecule has 0 heterocycles. The van der Waals surface area contributed by atoms with Crippen molar-refractivity contribution >= 4 is 11.9 Å². The summed E-state index contributed by atoms with van der Waals surface area (Å²) in [6.45, 7) is 4.52.